The van der Waals surface area contributed by atoms with Crippen LogP contribution in [0.3, 0.4) is 0 Å². The van der Waals surface area contributed by atoms with E-state index in [-0.39, 0.29) is 5.82 Å². The summed E-state index contributed by atoms with van der Waals surface area (Å²) in [6, 6.07) is 3.11. The molecule has 0 amide bonds. The van der Waals surface area contributed by atoms with Gasteiger partial charge in [-0.05, 0) is 30.9 Å². The maximum absolute atomic E-state index is 13.1. The second-order valence-electron chi connectivity index (χ2n) is 3.62. The van der Waals surface area contributed by atoms with E-state index in [1.807, 2.05) is 0 Å². The summed E-state index contributed by atoms with van der Waals surface area (Å²) >= 11 is 1.78. The van der Waals surface area contributed by atoms with E-state index in [4.69, 9.17) is 5.73 Å². The minimum absolute atomic E-state index is 0.254. The highest BCUT2D eigenvalue weighted by atomic mass is 32.2. The molecule has 1 rings (SSSR count). The summed E-state index contributed by atoms with van der Waals surface area (Å²) in [5.74, 6) is -0.254. The average molecular weight is 228 g/mol. The first kappa shape index (κ1) is 12.2. The van der Waals surface area contributed by atoms with Crippen molar-refractivity contribution in [3.05, 3.63) is 23.5 Å². The summed E-state index contributed by atoms with van der Waals surface area (Å²) in [7, 11) is 0. The Bertz CT molecular complexity index is 342. The monoisotopic (exact) mass is 228 g/mol. The van der Waals surface area contributed by atoms with Gasteiger partial charge in [0, 0.05) is 11.8 Å². The molecule has 0 spiro atoms. The van der Waals surface area contributed by atoms with Crippen LogP contribution in [0.25, 0.3) is 0 Å². The molecule has 15 heavy (non-hydrogen) atoms. The van der Waals surface area contributed by atoms with E-state index in [1.165, 1.54) is 6.07 Å². The summed E-state index contributed by atoms with van der Waals surface area (Å²) in [5.41, 5.74) is 7.60. The zero-order valence-corrected chi connectivity index (χ0v) is 10.1. The normalized spacial score (nSPS) is 12.5. The predicted molar refractivity (Wildman–Crippen MR) is 67.0 cm³/mol. The topological polar surface area (TPSA) is 38.0 Å². The lowest BCUT2D eigenvalue weighted by Gasteiger charge is -2.13. The van der Waals surface area contributed by atoms with Crippen LogP contribution >= 0.6 is 11.8 Å². The van der Waals surface area contributed by atoms with Crippen molar-refractivity contribution in [3.8, 4) is 0 Å². The Morgan fingerprint density at radius 3 is 2.80 bits per heavy atom. The third-order valence-electron chi connectivity index (χ3n) is 2.31. The largest absolute Gasteiger partial charge is 0.397 e. The highest BCUT2D eigenvalue weighted by Crippen LogP contribution is 2.22. The van der Waals surface area contributed by atoms with E-state index in [9.17, 15) is 4.39 Å². The highest BCUT2D eigenvalue weighted by molar-refractivity contribution is 7.99. The van der Waals surface area contributed by atoms with Crippen molar-refractivity contribution in [2.75, 3.05) is 23.9 Å². The number of anilines is 2. The zero-order chi connectivity index (χ0) is 11.4. The molecule has 0 radical (unpaired) electrons. The van der Waals surface area contributed by atoms with E-state index in [1.54, 1.807) is 24.8 Å². The van der Waals surface area contributed by atoms with Gasteiger partial charge in [0.25, 0.3) is 0 Å². The molecule has 1 aromatic rings. The molecule has 1 unspecified atom stereocenters. The molecular formula is C11H17FN2S. The van der Waals surface area contributed by atoms with Crippen LogP contribution < -0.4 is 11.1 Å². The Hall–Kier alpha value is -0.900. The molecule has 0 aliphatic rings. The van der Waals surface area contributed by atoms with Crippen molar-refractivity contribution < 1.29 is 4.39 Å². The van der Waals surface area contributed by atoms with Gasteiger partial charge in [-0.25, -0.2) is 4.39 Å². The second-order valence-corrected chi connectivity index (χ2v) is 4.89. The molecule has 2 nitrogen and oxygen atoms in total. The van der Waals surface area contributed by atoms with Crippen molar-refractivity contribution in [3.63, 3.8) is 0 Å². The van der Waals surface area contributed by atoms with Gasteiger partial charge >= 0.3 is 0 Å². The lowest BCUT2D eigenvalue weighted by molar-refractivity contribution is 0.619. The fraction of sp³-hybridized carbons (Fsp3) is 0.455. The van der Waals surface area contributed by atoms with E-state index >= 15 is 0 Å². The molecule has 0 bridgehead atoms. The van der Waals surface area contributed by atoms with Gasteiger partial charge in [-0.15, -0.1) is 0 Å². The van der Waals surface area contributed by atoms with Crippen LogP contribution in [0.15, 0.2) is 12.1 Å². The Balaban J connectivity index is 2.73. The number of rotatable bonds is 4. The van der Waals surface area contributed by atoms with E-state index in [0.717, 1.165) is 12.2 Å². The van der Waals surface area contributed by atoms with E-state index in [2.05, 4.69) is 18.5 Å². The maximum Gasteiger partial charge on any atom is 0.128 e. The Morgan fingerprint density at radius 1 is 1.53 bits per heavy atom. The van der Waals surface area contributed by atoms with Crippen LogP contribution in [0.2, 0.25) is 0 Å². The molecule has 0 aliphatic carbocycles. The van der Waals surface area contributed by atoms with Gasteiger partial charge in [0.1, 0.15) is 5.82 Å². The van der Waals surface area contributed by atoms with Crippen molar-refractivity contribution in [1.82, 2.24) is 0 Å². The summed E-state index contributed by atoms with van der Waals surface area (Å²) in [5, 5.41) is 3.73. The number of hydrogen-bond donors (Lipinski definition) is 2. The first-order chi connectivity index (χ1) is 7.04. The van der Waals surface area contributed by atoms with Gasteiger partial charge in [-0.3, -0.25) is 0 Å². The summed E-state index contributed by atoms with van der Waals surface area (Å²) in [6.45, 7) is 4.69. The number of aryl methyl sites for hydroxylation is 1. The third kappa shape index (κ3) is 3.30. The molecule has 84 valence electrons. The number of halogens is 1. The SMILES string of the molecule is CSC(C)CNc1cc(C)c(F)cc1N. The minimum atomic E-state index is -0.254. The summed E-state index contributed by atoms with van der Waals surface area (Å²) in [4.78, 5) is 0. The number of nitrogens with two attached hydrogens (primary N) is 1. The number of nitrogens with one attached hydrogen (secondary N) is 1. The van der Waals surface area contributed by atoms with Gasteiger partial charge in [-0.1, -0.05) is 6.92 Å². The molecule has 1 atom stereocenters. The molecular weight excluding hydrogens is 211 g/mol. The predicted octanol–water partition coefficient (Wildman–Crippen LogP) is 2.88. The van der Waals surface area contributed by atoms with Crippen LogP contribution in [-0.4, -0.2) is 18.1 Å². The molecule has 0 fully saturated rings. The Labute approximate surface area is 94.4 Å². The van der Waals surface area contributed by atoms with Crippen LogP contribution in [0.5, 0.6) is 0 Å². The van der Waals surface area contributed by atoms with Crippen LogP contribution in [0, 0.1) is 12.7 Å². The van der Waals surface area contributed by atoms with Crippen molar-refractivity contribution in [2.24, 2.45) is 0 Å². The molecule has 0 aliphatic heterocycles. The third-order valence-corrected chi connectivity index (χ3v) is 3.28. The molecule has 0 saturated carbocycles. The van der Waals surface area contributed by atoms with Gasteiger partial charge < -0.3 is 11.1 Å². The first-order valence-corrected chi connectivity index (χ1v) is 6.15. The van der Waals surface area contributed by atoms with Crippen molar-refractivity contribution in [1.29, 1.82) is 0 Å². The fourth-order valence-electron chi connectivity index (χ4n) is 1.19. The number of hydrogen-bond acceptors (Lipinski definition) is 3. The average Bonchev–Trinajstić information content (AvgIpc) is 2.21. The quantitative estimate of drug-likeness (QED) is 0.778. The van der Waals surface area contributed by atoms with Crippen molar-refractivity contribution in [2.45, 2.75) is 19.1 Å². The lowest BCUT2D eigenvalue weighted by atomic mass is 10.2. The van der Waals surface area contributed by atoms with Crippen molar-refractivity contribution >= 4 is 23.1 Å². The number of thioether (sulfide) groups is 1. The maximum atomic E-state index is 13.1. The number of nitrogen functional groups attached to an aromatic ring is 1. The molecule has 1 aromatic carbocycles. The fourth-order valence-corrected chi connectivity index (χ4v) is 1.44. The molecule has 4 heteroatoms. The van der Waals surface area contributed by atoms with E-state index in [0.29, 0.717) is 16.5 Å². The summed E-state index contributed by atoms with van der Waals surface area (Å²) < 4.78 is 13.1. The first-order valence-electron chi connectivity index (χ1n) is 4.87. The van der Waals surface area contributed by atoms with Gasteiger partial charge in [0.15, 0.2) is 0 Å². The van der Waals surface area contributed by atoms with Crippen LogP contribution in [0.4, 0.5) is 15.8 Å². The molecule has 0 aromatic heterocycles. The summed E-state index contributed by atoms with van der Waals surface area (Å²) in [6.07, 6.45) is 2.06. The lowest BCUT2D eigenvalue weighted by Crippen LogP contribution is -2.14. The molecule has 0 saturated heterocycles. The zero-order valence-electron chi connectivity index (χ0n) is 9.30. The van der Waals surface area contributed by atoms with Crippen LogP contribution in [0.1, 0.15) is 12.5 Å². The minimum Gasteiger partial charge on any atom is -0.397 e. The Kier molecular flexibility index (Phi) is 4.27. The van der Waals surface area contributed by atoms with Crippen LogP contribution in [-0.2, 0) is 0 Å². The van der Waals surface area contributed by atoms with Gasteiger partial charge in [0.2, 0.25) is 0 Å². The smallest absolute Gasteiger partial charge is 0.128 e. The highest BCUT2D eigenvalue weighted by Gasteiger charge is 2.05. The Morgan fingerprint density at radius 2 is 2.20 bits per heavy atom. The van der Waals surface area contributed by atoms with E-state index < -0.39 is 0 Å². The molecule has 0 heterocycles. The number of benzene rings is 1. The second kappa shape index (κ2) is 5.26. The van der Waals surface area contributed by atoms with Gasteiger partial charge in [0.05, 0.1) is 11.4 Å². The standard InChI is InChI=1S/C11H17FN2S/c1-7-4-11(10(13)5-9(7)12)14-6-8(2)15-3/h4-5,8,14H,6,13H2,1-3H3. The van der Waals surface area contributed by atoms with Gasteiger partial charge in [-0.2, -0.15) is 11.8 Å². The molecule has 3 N–H and O–H groups in total.